The van der Waals surface area contributed by atoms with Crippen LogP contribution in [-0.4, -0.2) is 30.1 Å². The van der Waals surface area contributed by atoms with Crippen LogP contribution in [-0.2, 0) is 9.53 Å². The number of hydrogen-bond donors (Lipinski definition) is 1. The Hall–Kier alpha value is -0.700. The van der Waals surface area contributed by atoms with E-state index in [0.29, 0.717) is 12.3 Å². The van der Waals surface area contributed by atoms with Gasteiger partial charge < -0.3 is 14.8 Å². The number of rotatable bonds is 6. The second-order valence-electron chi connectivity index (χ2n) is 4.66. The monoisotopic (exact) mass is 678 g/mol. The van der Waals surface area contributed by atoms with Gasteiger partial charge >= 0.3 is 5.97 Å². The first-order valence-corrected chi connectivity index (χ1v) is 10.3. The van der Waals surface area contributed by atoms with Crippen LogP contribution >= 0.6 is 67.8 Å². The number of carbonyl (C=O) groups excluding carboxylic acids is 2. The summed E-state index contributed by atoms with van der Waals surface area (Å²) in [4.78, 5) is 28.2. The second-order valence-corrected chi connectivity index (χ2v) is 8.23. The smallest absolute Gasteiger partial charge is 0.344 e. The largest absolute Gasteiger partial charge is 0.477 e. The van der Waals surface area contributed by atoms with E-state index in [-0.39, 0.29) is 11.4 Å². The van der Waals surface area contributed by atoms with Gasteiger partial charge in [0.15, 0.2) is 6.61 Å². The van der Waals surface area contributed by atoms with E-state index in [4.69, 9.17) is 9.47 Å². The minimum atomic E-state index is -0.654. The number of hydrogen-bond acceptors (Lipinski definition) is 5. The lowest BCUT2D eigenvalue weighted by molar-refractivity contribution is -0.119. The number of esters is 1. The third kappa shape index (κ3) is 5.91. The van der Waals surface area contributed by atoms with Crippen LogP contribution in [0.15, 0.2) is 30.5 Å². The number of nitrogens with one attached hydrogen (secondary N) is 1. The van der Waals surface area contributed by atoms with Crippen molar-refractivity contribution in [3.8, 4) is 5.88 Å². The molecular formula is C16H13I3N2O4. The lowest BCUT2D eigenvalue weighted by atomic mass is 10.3. The van der Waals surface area contributed by atoms with Gasteiger partial charge in [0.1, 0.15) is 5.56 Å². The molecule has 1 heterocycles. The van der Waals surface area contributed by atoms with Gasteiger partial charge in [-0.3, -0.25) is 4.79 Å². The molecule has 0 saturated heterocycles. The fourth-order valence-electron chi connectivity index (χ4n) is 1.84. The van der Waals surface area contributed by atoms with Crippen molar-refractivity contribution in [2.75, 3.05) is 18.5 Å². The number of aromatic nitrogens is 1. The Morgan fingerprint density at radius 2 is 1.88 bits per heavy atom. The van der Waals surface area contributed by atoms with Crippen LogP contribution in [0.3, 0.4) is 0 Å². The molecule has 6 nitrogen and oxygen atoms in total. The van der Waals surface area contributed by atoms with Gasteiger partial charge in [-0.15, -0.1) is 0 Å². The molecule has 0 saturated carbocycles. The van der Waals surface area contributed by atoms with E-state index in [2.05, 4.69) is 78.1 Å². The zero-order valence-corrected chi connectivity index (χ0v) is 19.5. The summed E-state index contributed by atoms with van der Waals surface area (Å²) in [5.41, 5.74) is 0.898. The van der Waals surface area contributed by atoms with Gasteiger partial charge in [-0.05, 0) is 99.0 Å². The highest BCUT2D eigenvalue weighted by Gasteiger charge is 2.17. The number of anilines is 1. The maximum atomic E-state index is 12.1. The zero-order valence-electron chi connectivity index (χ0n) is 13.0. The summed E-state index contributed by atoms with van der Waals surface area (Å²) < 4.78 is 13.3. The predicted molar refractivity (Wildman–Crippen MR) is 119 cm³/mol. The molecule has 0 radical (unpaired) electrons. The van der Waals surface area contributed by atoms with Crippen molar-refractivity contribution in [2.24, 2.45) is 0 Å². The maximum absolute atomic E-state index is 12.1. The summed E-state index contributed by atoms with van der Waals surface area (Å²) in [6.07, 6.45) is 1.52. The number of carbonyl (C=O) groups is 2. The second kappa shape index (κ2) is 9.85. The third-order valence-electron chi connectivity index (χ3n) is 2.88. The molecule has 1 amide bonds. The van der Waals surface area contributed by atoms with Gasteiger partial charge in [0, 0.05) is 16.9 Å². The van der Waals surface area contributed by atoms with Gasteiger partial charge in [0.25, 0.3) is 5.91 Å². The molecule has 9 heteroatoms. The Labute approximate surface area is 185 Å². The summed E-state index contributed by atoms with van der Waals surface area (Å²) in [6, 6.07) is 7.06. The molecule has 25 heavy (non-hydrogen) atoms. The Morgan fingerprint density at radius 3 is 2.52 bits per heavy atom. The Balaban J connectivity index is 2.00. The van der Waals surface area contributed by atoms with E-state index < -0.39 is 18.5 Å². The van der Waals surface area contributed by atoms with E-state index in [1.165, 1.54) is 6.20 Å². The molecule has 2 rings (SSSR count). The van der Waals surface area contributed by atoms with Crippen LogP contribution in [0.2, 0.25) is 0 Å². The first-order chi connectivity index (χ1) is 11.9. The molecular weight excluding hydrogens is 665 g/mol. The Kier molecular flexibility index (Phi) is 8.12. The molecule has 0 bridgehead atoms. The highest BCUT2D eigenvalue weighted by Crippen LogP contribution is 2.27. The van der Waals surface area contributed by atoms with Crippen molar-refractivity contribution in [3.05, 3.63) is 46.7 Å². The maximum Gasteiger partial charge on any atom is 0.344 e. The van der Waals surface area contributed by atoms with Gasteiger partial charge in [-0.2, -0.15) is 0 Å². The molecule has 0 atom stereocenters. The van der Waals surface area contributed by atoms with Crippen LogP contribution in [0.5, 0.6) is 5.88 Å². The van der Waals surface area contributed by atoms with Gasteiger partial charge in [-0.25, -0.2) is 9.78 Å². The molecule has 0 fully saturated rings. The highest BCUT2D eigenvalue weighted by molar-refractivity contribution is 14.1. The number of ether oxygens (including phenoxy) is 2. The fourth-order valence-corrected chi connectivity index (χ4v) is 5.70. The molecule has 0 spiro atoms. The van der Waals surface area contributed by atoms with E-state index in [9.17, 15) is 9.59 Å². The van der Waals surface area contributed by atoms with Gasteiger partial charge in [0.05, 0.1) is 12.3 Å². The fraction of sp³-hybridized carbons (Fsp3) is 0.188. The summed E-state index contributed by atoms with van der Waals surface area (Å²) >= 11 is 6.52. The number of nitrogens with zero attached hydrogens (tertiary/aromatic N) is 1. The minimum absolute atomic E-state index is 0.190. The van der Waals surface area contributed by atoms with Crippen molar-refractivity contribution in [2.45, 2.75) is 6.92 Å². The molecule has 1 N–H and O–H groups in total. The lowest BCUT2D eigenvalue weighted by Gasteiger charge is -2.11. The van der Waals surface area contributed by atoms with Crippen LogP contribution in [0, 0.1) is 10.7 Å². The van der Waals surface area contributed by atoms with Crippen LogP contribution in [0.4, 0.5) is 5.69 Å². The number of benzene rings is 1. The topological polar surface area (TPSA) is 77.5 Å². The summed E-state index contributed by atoms with van der Waals surface area (Å²) in [7, 11) is 0. The molecule has 132 valence electrons. The average molecular weight is 678 g/mol. The molecule has 2 aromatic rings. The summed E-state index contributed by atoms with van der Waals surface area (Å²) in [6.45, 7) is 1.78. The molecule has 0 aliphatic rings. The molecule has 1 aromatic carbocycles. The quantitative estimate of drug-likeness (QED) is 0.369. The number of amides is 1. The molecule has 0 aliphatic heterocycles. The van der Waals surface area contributed by atoms with Crippen molar-refractivity contribution >= 4 is 85.3 Å². The first-order valence-electron chi connectivity index (χ1n) is 7.11. The number of pyridine rings is 1. The standard InChI is InChI=1S/C16H13I3N2O4/c1-2-24-15-10(4-3-5-20-15)16(23)25-8-13(22)21-14-11(18)6-9(17)7-12(14)19/h3-7H,2,8H2,1H3,(H,21,22). The SMILES string of the molecule is CCOc1ncccc1C(=O)OCC(=O)Nc1c(I)cc(I)cc1I. The predicted octanol–water partition coefficient (Wildman–Crippen LogP) is 4.09. The van der Waals surface area contributed by atoms with E-state index in [1.54, 1.807) is 19.1 Å². The summed E-state index contributed by atoms with van der Waals surface area (Å²) in [5.74, 6) is -0.872. The van der Waals surface area contributed by atoms with Crippen molar-refractivity contribution in [1.29, 1.82) is 0 Å². The van der Waals surface area contributed by atoms with Crippen molar-refractivity contribution in [3.63, 3.8) is 0 Å². The number of halogens is 3. The Morgan fingerprint density at radius 1 is 1.20 bits per heavy atom. The molecule has 0 unspecified atom stereocenters. The highest BCUT2D eigenvalue weighted by atomic mass is 127. The zero-order chi connectivity index (χ0) is 18.4. The first kappa shape index (κ1) is 20.6. The third-order valence-corrected chi connectivity index (χ3v) is 5.20. The van der Waals surface area contributed by atoms with Crippen molar-refractivity contribution in [1.82, 2.24) is 4.98 Å². The normalized spacial score (nSPS) is 10.2. The van der Waals surface area contributed by atoms with Crippen LogP contribution < -0.4 is 10.1 Å². The molecule has 0 aliphatic carbocycles. The average Bonchev–Trinajstić information content (AvgIpc) is 2.56. The van der Waals surface area contributed by atoms with Gasteiger partial charge in [-0.1, -0.05) is 0 Å². The minimum Gasteiger partial charge on any atom is -0.477 e. The van der Waals surface area contributed by atoms with Crippen LogP contribution in [0.1, 0.15) is 17.3 Å². The van der Waals surface area contributed by atoms with Crippen molar-refractivity contribution < 1.29 is 19.1 Å². The van der Waals surface area contributed by atoms with E-state index >= 15 is 0 Å². The van der Waals surface area contributed by atoms with Gasteiger partial charge in [0.2, 0.25) is 5.88 Å². The summed E-state index contributed by atoms with van der Waals surface area (Å²) in [5, 5.41) is 2.77. The van der Waals surface area contributed by atoms with Crippen LogP contribution in [0.25, 0.3) is 0 Å². The lowest BCUT2D eigenvalue weighted by Crippen LogP contribution is -2.22. The van der Waals surface area contributed by atoms with E-state index in [0.717, 1.165) is 10.7 Å². The Bertz CT molecular complexity index is 776. The van der Waals surface area contributed by atoms with E-state index in [1.807, 2.05) is 12.1 Å². The molecule has 1 aromatic heterocycles.